The molecule has 0 aliphatic carbocycles. The second-order valence-electron chi connectivity index (χ2n) is 5.62. The minimum Gasteiger partial charge on any atom is -0.481 e. The van der Waals surface area contributed by atoms with Gasteiger partial charge in [0.25, 0.3) is 0 Å². The summed E-state index contributed by atoms with van der Waals surface area (Å²) in [7, 11) is 0. The van der Waals surface area contributed by atoms with Crippen LogP contribution in [0.15, 0.2) is 18.2 Å². The van der Waals surface area contributed by atoms with Crippen molar-refractivity contribution in [3.8, 4) is 0 Å². The Balaban J connectivity index is 2.76. The second kappa shape index (κ2) is 6.39. The van der Waals surface area contributed by atoms with Crippen molar-refractivity contribution in [1.82, 2.24) is 0 Å². The third-order valence-corrected chi connectivity index (χ3v) is 3.00. The Morgan fingerprint density at radius 2 is 1.81 bits per heavy atom. The maximum atomic E-state index is 11.9. The molecule has 21 heavy (non-hydrogen) atoms. The largest absolute Gasteiger partial charge is 0.481 e. The van der Waals surface area contributed by atoms with E-state index in [0.717, 1.165) is 5.56 Å². The van der Waals surface area contributed by atoms with E-state index in [4.69, 9.17) is 5.11 Å². The molecule has 6 heteroatoms. The first-order valence-electron chi connectivity index (χ1n) is 6.53. The Bertz CT molecular complexity index is 579. The number of rotatable bonds is 5. The first kappa shape index (κ1) is 16.7. The monoisotopic (exact) mass is 292 g/mol. The van der Waals surface area contributed by atoms with Gasteiger partial charge in [0.1, 0.15) is 0 Å². The molecule has 0 saturated carbocycles. The molecule has 6 nitrogen and oxygen atoms in total. The summed E-state index contributed by atoms with van der Waals surface area (Å²) in [5.41, 5.74) is 0.926. The van der Waals surface area contributed by atoms with Crippen LogP contribution in [0, 0.1) is 12.3 Å². The Kier molecular flexibility index (Phi) is 5.07. The average Bonchev–Trinajstić information content (AvgIpc) is 2.31. The van der Waals surface area contributed by atoms with Gasteiger partial charge in [0, 0.05) is 24.7 Å². The van der Waals surface area contributed by atoms with Gasteiger partial charge in [0.15, 0.2) is 0 Å². The van der Waals surface area contributed by atoms with Gasteiger partial charge in [-0.2, -0.15) is 0 Å². The lowest BCUT2D eigenvalue weighted by atomic mass is 9.89. The molecule has 0 fully saturated rings. The van der Waals surface area contributed by atoms with Crippen LogP contribution in [0.4, 0.5) is 11.4 Å². The molecule has 0 atom stereocenters. The Hall–Kier alpha value is -2.37. The Morgan fingerprint density at radius 3 is 2.29 bits per heavy atom. The molecule has 0 aliphatic rings. The number of carboxylic acids is 1. The van der Waals surface area contributed by atoms with E-state index in [1.165, 1.54) is 20.8 Å². The minimum atomic E-state index is -1.12. The van der Waals surface area contributed by atoms with E-state index in [0.29, 0.717) is 11.4 Å². The van der Waals surface area contributed by atoms with E-state index < -0.39 is 11.4 Å². The number of aliphatic carboxylic acids is 1. The zero-order chi connectivity index (χ0) is 16.2. The standard InChI is InChI=1S/C15H20N2O4/c1-9-7-11(5-6-12(9)16-10(2)18)17-13(19)8-15(3,4)14(20)21/h5-7H,8H2,1-4H3,(H,16,18)(H,17,19)(H,20,21). The van der Waals surface area contributed by atoms with Crippen LogP contribution >= 0.6 is 0 Å². The van der Waals surface area contributed by atoms with Crippen molar-refractivity contribution in [1.29, 1.82) is 0 Å². The fraction of sp³-hybridized carbons (Fsp3) is 0.400. The lowest BCUT2D eigenvalue weighted by Crippen LogP contribution is -2.29. The topological polar surface area (TPSA) is 95.5 Å². The van der Waals surface area contributed by atoms with Gasteiger partial charge in [-0.15, -0.1) is 0 Å². The van der Waals surface area contributed by atoms with Gasteiger partial charge in [0.2, 0.25) is 11.8 Å². The third-order valence-electron chi connectivity index (χ3n) is 3.00. The van der Waals surface area contributed by atoms with Crippen LogP contribution in [-0.4, -0.2) is 22.9 Å². The van der Waals surface area contributed by atoms with Crippen molar-refractivity contribution in [3.05, 3.63) is 23.8 Å². The molecular formula is C15H20N2O4. The Labute approximate surface area is 123 Å². The van der Waals surface area contributed by atoms with Gasteiger partial charge < -0.3 is 15.7 Å². The van der Waals surface area contributed by atoms with Crippen LogP contribution in [0.1, 0.15) is 32.8 Å². The van der Waals surface area contributed by atoms with E-state index in [2.05, 4.69) is 10.6 Å². The molecule has 0 aliphatic heterocycles. The summed E-state index contributed by atoms with van der Waals surface area (Å²) >= 11 is 0. The number of carbonyl (C=O) groups excluding carboxylic acids is 2. The molecule has 0 spiro atoms. The van der Waals surface area contributed by atoms with E-state index in [1.54, 1.807) is 18.2 Å². The summed E-state index contributed by atoms with van der Waals surface area (Å²) in [5, 5.41) is 14.3. The summed E-state index contributed by atoms with van der Waals surface area (Å²) in [5.74, 6) is -1.55. The van der Waals surface area contributed by atoms with Gasteiger partial charge in [-0.1, -0.05) is 0 Å². The number of carbonyl (C=O) groups is 3. The molecule has 2 amide bonds. The van der Waals surface area contributed by atoms with Gasteiger partial charge in [-0.3, -0.25) is 14.4 Å². The first-order valence-corrected chi connectivity index (χ1v) is 6.53. The number of benzene rings is 1. The molecule has 0 aromatic heterocycles. The summed E-state index contributed by atoms with van der Waals surface area (Å²) in [6.07, 6.45) is -0.116. The van der Waals surface area contributed by atoms with Crippen molar-refractivity contribution in [2.45, 2.75) is 34.1 Å². The second-order valence-corrected chi connectivity index (χ2v) is 5.62. The van der Waals surface area contributed by atoms with Crippen molar-refractivity contribution in [3.63, 3.8) is 0 Å². The number of amides is 2. The van der Waals surface area contributed by atoms with Gasteiger partial charge in [0.05, 0.1) is 5.41 Å². The van der Waals surface area contributed by atoms with Crippen molar-refractivity contribution in [2.75, 3.05) is 10.6 Å². The fourth-order valence-electron chi connectivity index (χ4n) is 1.75. The smallest absolute Gasteiger partial charge is 0.309 e. The molecule has 1 aromatic rings. The maximum Gasteiger partial charge on any atom is 0.309 e. The van der Waals surface area contributed by atoms with Crippen molar-refractivity contribution >= 4 is 29.2 Å². The average molecular weight is 292 g/mol. The predicted molar refractivity (Wildman–Crippen MR) is 80.1 cm³/mol. The molecule has 1 rings (SSSR count). The van der Waals surface area contributed by atoms with Crippen LogP contribution < -0.4 is 10.6 Å². The number of carboxylic acid groups (broad SMARTS) is 1. The number of aryl methyl sites for hydroxylation is 1. The van der Waals surface area contributed by atoms with Crippen molar-refractivity contribution in [2.24, 2.45) is 5.41 Å². The lowest BCUT2D eigenvalue weighted by Gasteiger charge is -2.18. The highest BCUT2D eigenvalue weighted by Crippen LogP contribution is 2.23. The molecule has 1 aromatic carbocycles. The number of hydrogen-bond donors (Lipinski definition) is 3. The summed E-state index contributed by atoms with van der Waals surface area (Å²) in [6, 6.07) is 5.07. The van der Waals surface area contributed by atoms with E-state index in [1.807, 2.05) is 6.92 Å². The Morgan fingerprint density at radius 1 is 1.19 bits per heavy atom. The lowest BCUT2D eigenvalue weighted by molar-refractivity contribution is -0.148. The van der Waals surface area contributed by atoms with Crippen LogP contribution in [0.3, 0.4) is 0 Å². The zero-order valence-electron chi connectivity index (χ0n) is 12.6. The van der Waals surface area contributed by atoms with E-state index in [9.17, 15) is 14.4 Å². The van der Waals surface area contributed by atoms with Crippen LogP contribution in [0.25, 0.3) is 0 Å². The molecule has 0 radical (unpaired) electrons. The van der Waals surface area contributed by atoms with Crippen LogP contribution in [-0.2, 0) is 14.4 Å². The van der Waals surface area contributed by atoms with Crippen LogP contribution in [0.2, 0.25) is 0 Å². The predicted octanol–water partition coefficient (Wildman–Crippen LogP) is 2.39. The number of nitrogens with one attached hydrogen (secondary N) is 2. The fourth-order valence-corrected chi connectivity index (χ4v) is 1.75. The van der Waals surface area contributed by atoms with Gasteiger partial charge in [-0.05, 0) is 44.5 Å². The van der Waals surface area contributed by atoms with Gasteiger partial charge in [-0.25, -0.2) is 0 Å². The molecule has 0 unspecified atom stereocenters. The highest BCUT2D eigenvalue weighted by Gasteiger charge is 2.30. The summed E-state index contributed by atoms with van der Waals surface area (Å²) < 4.78 is 0. The number of hydrogen-bond acceptors (Lipinski definition) is 3. The summed E-state index contributed by atoms with van der Waals surface area (Å²) in [4.78, 5) is 33.9. The SMILES string of the molecule is CC(=O)Nc1ccc(NC(=O)CC(C)(C)C(=O)O)cc1C. The van der Waals surface area contributed by atoms with Crippen molar-refractivity contribution < 1.29 is 19.5 Å². The molecule has 0 saturated heterocycles. The van der Waals surface area contributed by atoms with Gasteiger partial charge >= 0.3 is 5.97 Å². The molecule has 3 N–H and O–H groups in total. The molecule has 0 bridgehead atoms. The highest BCUT2D eigenvalue weighted by molar-refractivity contribution is 5.95. The van der Waals surface area contributed by atoms with Crippen LogP contribution in [0.5, 0.6) is 0 Å². The third kappa shape index (κ3) is 4.91. The molecule has 0 heterocycles. The quantitative estimate of drug-likeness (QED) is 0.776. The maximum absolute atomic E-state index is 11.9. The highest BCUT2D eigenvalue weighted by atomic mass is 16.4. The number of anilines is 2. The van der Waals surface area contributed by atoms with E-state index >= 15 is 0 Å². The zero-order valence-corrected chi connectivity index (χ0v) is 12.6. The minimum absolute atomic E-state index is 0.116. The molecule has 114 valence electrons. The summed E-state index contributed by atoms with van der Waals surface area (Å²) in [6.45, 7) is 6.23. The molecular weight excluding hydrogens is 272 g/mol. The first-order chi connectivity index (χ1) is 9.61. The van der Waals surface area contributed by atoms with E-state index in [-0.39, 0.29) is 18.2 Å². The normalized spacial score (nSPS) is 10.9.